The van der Waals surface area contributed by atoms with Crippen LogP contribution in [0.5, 0.6) is 0 Å². The maximum absolute atomic E-state index is 13.0. The van der Waals surface area contributed by atoms with Crippen LogP contribution >= 0.6 is 0 Å². The van der Waals surface area contributed by atoms with Crippen LogP contribution in [0.4, 0.5) is 0 Å². The second kappa shape index (κ2) is 6.73. The van der Waals surface area contributed by atoms with E-state index in [1.54, 1.807) is 17.0 Å². The molecule has 1 aromatic heterocycles. The summed E-state index contributed by atoms with van der Waals surface area (Å²) in [6.45, 7) is 2.22. The maximum atomic E-state index is 13.0. The van der Waals surface area contributed by atoms with Gasteiger partial charge in [-0.25, -0.2) is 13.4 Å². The smallest absolute Gasteiger partial charge is 0.273 e. The van der Waals surface area contributed by atoms with Crippen LogP contribution in [0.25, 0.3) is 0 Å². The first kappa shape index (κ1) is 16.6. The molecule has 1 aromatic carbocycles. The first-order valence-corrected chi connectivity index (χ1v) is 9.76. The summed E-state index contributed by atoms with van der Waals surface area (Å²) in [6, 6.07) is 14.6. The minimum Gasteiger partial charge on any atom is -0.329 e. The lowest BCUT2D eigenvalue weighted by molar-refractivity contribution is 0.0674. The highest BCUT2D eigenvalue weighted by Gasteiger charge is 2.35. The van der Waals surface area contributed by atoms with Crippen molar-refractivity contribution in [3.63, 3.8) is 0 Å². The summed E-state index contributed by atoms with van der Waals surface area (Å²) >= 11 is 0. The highest BCUT2D eigenvalue weighted by atomic mass is 32.2. The van der Waals surface area contributed by atoms with Crippen LogP contribution in [0.3, 0.4) is 0 Å². The minimum absolute atomic E-state index is 0.0252. The third-order valence-electron chi connectivity index (χ3n) is 4.21. The molecule has 0 unspecified atom stereocenters. The van der Waals surface area contributed by atoms with Gasteiger partial charge >= 0.3 is 0 Å². The van der Waals surface area contributed by atoms with Crippen molar-refractivity contribution in [2.75, 3.05) is 11.5 Å². The molecule has 1 aliphatic rings. The van der Waals surface area contributed by atoms with Crippen LogP contribution in [0.2, 0.25) is 0 Å². The molecule has 0 bridgehead atoms. The van der Waals surface area contributed by atoms with E-state index in [2.05, 4.69) is 4.98 Å². The summed E-state index contributed by atoms with van der Waals surface area (Å²) in [6.07, 6.45) is 0.479. The molecule has 0 aliphatic carbocycles. The van der Waals surface area contributed by atoms with Gasteiger partial charge in [0.05, 0.1) is 11.5 Å². The summed E-state index contributed by atoms with van der Waals surface area (Å²) in [5, 5.41) is 0. The van der Waals surface area contributed by atoms with Gasteiger partial charge in [0.15, 0.2) is 9.84 Å². The molecule has 2 heterocycles. The monoisotopic (exact) mass is 344 g/mol. The number of amides is 1. The fourth-order valence-electron chi connectivity index (χ4n) is 2.98. The number of benzene rings is 1. The lowest BCUT2D eigenvalue weighted by Crippen LogP contribution is -2.41. The van der Waals surface area contributed by atoms with Gasteiger partial charge in [-0.2, -0.15) is 0 Å². The van der Waals surface area contributed by atoms with E-state index in [0.717, 1.165) is 11.3 Å². The molecule has 126 valence electrons. The predicted octanol–water partition coefficient (Wildman–Crippen LogP) is 2.22. The van der Waals surface area contributed by atoms with E-state index < -0.39 is 9.84 Å². The molecule has 3 rings (SSSR count). The first-order valence-electron chi connectivity index (χ1n) is 7.93. The average Bonchev–Trinajstić information content (AvgIpc) is 2.93. The second-order valence-corrected chi connectivity index (χ2v) is 8.37. The Morgan fingerprint density at radius 1 is 1.17 bits per heavy atom. The molecule has 1 atom stereocenters. The van der Waals surface area contributed by atoms with E-state index in [-0.39, 0.29) is 23.5 Å². The number of sulfone groups is 1. The van der Waals surface area contributed by atoms with Crippen molar-refractivity contribution in [3.05, 3.63) is 65.5 Å². The standard InChI is InChI=1S/C18H20N2O3S/c1-14-6-5-9-17(19-14)18(21)20(12-15-7-3-2-4-8-15)16-10-11-24(22,23)13-16/h2-9,16H,10-13H2,1H3/t16-/m0/s1. The highest BCUT2D eigenvalue weighted by molar-refractivity contribution is 7.91. The normalized spacial score (nSPS) is 19.1. The molecule has 1 aliphatic heterocycles. The van der Waals surface area contributed by atoms with Gasteiger partial charge in [0, 0.05) is 18.3 Å². The SMILES string of the molecule is Cc1cccc(C(=O)N(Cc2ccccc2)[C@H]2CCS(=O)(=O)C2)n1. The van der Waals surface area contributed by atoms with Gasteiger partial charge in [0.25, 0.3) is 5.91 Å². The highest BCUT2D eigenvalue weighted by Crippen LogP contribution is 2.22. The van der Waals surface area contributed by atoms with E-state index in [9.17, 15) is 13.2 Å². The fourth-order valence-corrected chi connectivity index (χ4v) is 4.71. The Bertz CT molecular complexity index is 834. The second-order valence-electron chi connectivity index (χ2n) is 6.14. The van der Waals surface area contributed by atoms with Crippen LogP contribution in [-0.4, -0.2) is 41.8 Å². The maximum Gasteiger partial charge on any atom is 0.273 e. The van der Waals surface area contributed by atoms with Gasteiger partial charge < -0.3 is 4.90 Å². The number of aromatic nitrogens is 1. The minimum atomic E-state index is -3.07. The van der Waals surface area contributed by atoms with Crippen LogP contribution in [0, 0.1) is 6.92 Å². The van der Waals surface area contributed by atoms with Crippen molar-refractivity contribution >= 4 is 15.7 Å². The average molecular weight is 344 g/mol. The number of hydrogen-bond donors (Lipinski definition) is 0. The quantitative estimate of drug-likeness (QED) is 0.853. The predicted molar refractivity (Wildman–Crippen MR) is 92.3 cm³/mol. The Balaban J connectivity index is 1.91. The van der Waals surface area contributed by atoms with Gasteiger partial charge in [-0.05, 0) is 31.0 Å². The molecule has 0 saturated carbocycles. The van der Waals surface area contributed by atoms with Crippen molar-refractivity contribution in [1.82, 2.24) is 9.88 Å². The largest absolute Gasteiger partial charge is 0.329 e. The van der Waals surface area contributed by atoms with Crippen LogP contribution < -0.4 is 0 Å². The first-order chi connectivity index (χ1) is 11.4. The molecular formula is C18H20N2O3S. The zero-order valence-corrected chi connectivity index (χ0v) is 14.4. The van der Waals surface area contributed by atoms with Crippen LogP contribution in [-0.2, 0) is 16.4 Å². The Hall–Kier alpha value is -2.21. The van der Waals surface area contributed by atoms with E-state index in [4.69, 9.17) is 0 Å². The summed E-state index contributed by atoms with van der Waals surface area (Å²) in [5.74, 6) is -0.0563. The molecule has 1 amide bonds. The Kier molecular flexibility index (Phi) is 4.66. The number of carbonyl (C=O) groups excluding carboxylic acids is 1. The molecule has 0 spiro atoms. The number of nitrogens with zero attached hydrogens (tertiary/aromatic N) is 2. The molecule has 5 nitrogen and oxygen atoms in total. The van der Waals surface area contributed by atoms with E-state index in [0.29, 0.717) is 18.7 Å². The van der Waals surface area contributed by atoms with Gasteiger partial charge in [0.2, 0.25) is 0 Å². The lowest BCUT2D eigenvalue weighted by Gasteiger charge is -2.28. The third kappa shape index (κ3) is 3.82. The third-order valence-corrected chi connectivity index (χ3v) is 5.96. The molecule has 2 aromatic rings. The van der Waals surface area contributed by atoms with Crippen molar-refractivity contribution < 1.29 is 13.2 Å². The Morgan fingerprint density at radius 2 is 1.92 bits per heavy atom. The van der Waals surface area contributed by atoms with Crippen LogP contribution in [0.1, 0.15) is 28.2 Å². The molecule has 1 fully saturated rings. The van der Waals surface area contributed by atoms with E-state index >= 15 is 0 Å². The van der Waals surface area contributed by atoms with Gasteiger partial charge in [-0.1, -0.05) is 36.4 Å². The Morgan fingerprint density at radius 3 is 2.54 bits per heavy atom. The van der Waals surface area contributed by atoms with E-state index in [1.165, 1.54) is 0 Å². The van der Waals surface area contributed by atoms with Crippen molar-refractivity contribution in [2.45, 2.75) is 25.9 Å². The fraction of sp³-hybridized carbons (Fsp3) is 0.333. The van der Waals surface area contributed by atoms with Crippen molar-refractivity contribution in [2.24, 2.45) is 0 Å². The topological polar surface area (TPSA) is 67.3 Å². The molecule has 0 N–H and O–H groups in total. The molecule has 1 saturated heterocycles. The van der Waals surface area contributed by atoms with Gasteiger partial charge in [0.1, 0.15) is 5.69 Å². The summed E-state index contributed by atoms with van der Waals surface area (Å²) in [4.78, 5) is 18.9. The number of rotatable bonds is 4. The van der Waals surface area contributed by atoms with Crippen molar-refractivity contribution in [1.29, 1.82) is 0 Å². The number of carbonyl (C=O) groups is 1. The number of hydrogen-bond acceptors (Lipinski definition) is 4. The summed E-state index contributed by atoms with van der Waals surface area (Å²) in [7, 11) is -3.07. The Labute approximate surface area is 142 Å². The molecular weight excluding hydrogens is 324 g/mol. The molecule has 6 heteroatoms. The van der Waals surface area contributed by atoms with Gasteiger partial charge in [-0.15, -0.1) is 0 Å². The number of aryl methyl sites for hydroxylation is 1. The molecule has 0 radical (unpaired) electrons. The van der Waals surface area contributed by atoms with Crippen LogP contribution in [0.15, 0.2) is 48.5 Å². The summed E-state index contributed by atoms with van der Waals surface area (Å²) < 4.78 is 23.7. The summed E-state index contributed by atoms with van der Waals surface area (Å²) in [5.41, 5.74) is 2.09. The zero-order chi connectivity index (χ0) is 17.2. The van der Waals surface area contributed by atoms with Crippen molar-refractivity contribution in [3.8, 4) is 0 Å². The zero-order valence-electron chi connectivity index (χ0n) is 13.6. The van der Waals surface area contributed by atoms with E-state index in [1.807, 2.05) is 43.3 Å². The molecule has 24 heavy (non-hydrogen) atoms. The van der Waals surface area contributed by atoms with Gasteiger partial charge in [-0.3, -0.25) is 4.79 Å². The number of pyridine rings is 1. The lowest BCUT2D eigenvalue weighted by atomic mass is 10.1.